The molecule has 0 radical (unpaired) electrons. The van der Waals surface area contributed by atoms with Crippen LogP contribution in [-0.2, 0) is 19.1 Å². The third-order valence-corrected chi connectivity index (χ3v) is 1.97. The first-order valence-corrected chi connectivity index (χ1v) is 5.46. The summed E-state index contributed by atoms with van der Waals surface area (Å²) in [6.45, 7) is 3.09. The number of hydrogen-bond acceptors (Lipinski definition) is 5. The molecule has 0 saturated carbocycles. The van der Waals surface area contributed by atoms with Crippen molar-refractivity contribution >= 4 is 23.9 Å². The number of carboxylic acid groups (broad SMARTS) is 2. The van der Waals surface area contributed by atoms with E-state index in [1.54, 1.807) is 6.92 Å². The summed E-state index contributed by atoms with van der Waals surface area (Å²) in [6, 6.07) is -3.51. The van der Waals surface area contributed by atoms with Crippen molar-refractivity contribution in [1.82, 2.24) is 10.6 Å². The maximum absolute atomic E-state index is 11.4. The number of carbonyl (C=O) groups is 4. The van der Waals surface area contributed by atoms with Gasteiger partial charge in [-0.15, -0.1) is 0 Å². The highest BCUT2D eigenvalue weighted by molar-refractivity contribution is 5.88. The molecule has 0 heterocycles. The lowest BCUT2D eigenvalue weighted by Gasteiger charge is -2.16. The Kier molecular flexibility index (Phi) is 6.94. The highest BCUT2D eigenvalue weighted by Gasteiger charge is 2.24. The number of carboxylic acids is 2. The summed E-state index contributed by atoms with van der Waals surface area (Å²) in [6.07, 6.45) is -0.767. The predicted molar refractivity (Wildman–Crippen MR) is 61.4 cm³/mol. The van der Waals surface area contributed by atoms with E-state index in [4.69, 9.17) is 10.2 Å². The van der Waals surface area contributed by atoms with Crippen molar-refractivity contribution in [2.45, 2.75) is 32.4 Å². The number of ether oxygens (including phenoxy) is 1. The quantitative estimate of drug-likeness (QED) is 0.444. The fourth-order valence-corrected chi connectivity index (χ4v) is 1.10. The van der Waals surface area contributed by atoms with Gasteiger partial charge in [-0.05, 0) is 13.8 Å². The van der Waals surface area contributed by atoms with Crippen molar-refractivity contribution in [3.05, 3.63) is 0 Å². The molecule has 9 heteroatoms. The van der Waals surface area contributed by atoms with Crippen LogP contribution in [0.4, 0.5) is 4.79 Å². The lowest BCUT2D eigenvalue weighted by atomic mass is 10.2. The molecule has 0 aliphatic carbocycles. The predicted octanol–water partition coefficient (Wildman–Crippen LogP) is -0.835. The van der Waals surface area contributed by atoms with Gasteiger partial charge in [0.05, 0.1) is 13.0 Å². The molecule has 0 saturated heterocycles. The van der Waals surface area contributed by atoms with Crippen LogP contribution >= 0.6 is 0 Å². The van der Waals surface area contributed by atoms with Crippen LogP contribution < -0.4 is 10.6 Å². The van der Waals surface area contributed by atoms with Gasteiger partial charge >= 0.3 is 23.9 Å². The van der Waals surface area contributed by atoms with E-state index in [-0.39, 0.29) is 6.61 Å². The highest BCUT2D eigenvalue weighted by Crippen LogP contribution is 1.94. The van der Waals surface area contributed by atoms with Crippen molar-refractivity contribution < 1.29 is 34.1 Å². The van der Waals surface area contributed by atoms with Crippen molar-refractivity contribution in [2.75, 3.05) is 6.61 Å². The van der Waals surface area contributed by atoms with E-state index in [0.29, 0.717) is 0 Å². The molecule has 0 spiro atoms. The van der Waals surface area contributed by atoms with Gasteiger partial charge in [0.25, 0.3) is 0 Å². The SMILES string of the molecule is CCOC(=O)C(C)NC(=O)N[C@H](CC(=O)O)C(=O)O. The third-order valence-electron chi connectivity index (χ3n) is 1.97. The maximum Gasteiger partial charge on any atom is 0.328 e. The van der Waals surface area contributed by atoms with E-state index in [1.165, 1.54) is 6.92 Å². The summed E-state index contributed by atoms with van der Waals surface area (Å²) in [5, 5.41) is 21.3. The average molecular weight is 276 g/mol. The zero-order chi connectivity index (χ0) is 15.0. The Morgan fingerprint density at radius 3 is 2.16 bits per heavy atom. The summed E-state index contributed by atoms with van der Waals surface area (Å²) in [5.41, 5.74) is 0. The van der Waals surface area contributed by atoms with Crippen molar-refractivity contribution in [1.29, 1.82) is 0 Å². The molecule has 0 aromatic rings. The minimum absolute atomic E-state index is 0.142. The minimum Gasteiger partial charge on any atom is -0.481 e. The smallest absolute Gasteiger partial charge is 0.328 e. The molecule has 108 valence electrons. The van der Waals surface area contributed by atoms with Gasteiger partial charge in [-0.1, -0.05) is 0 Å². The summed E-state index contributed by atoms with van der Waals surface area (Å²) in [4.78, 5) is 43.7. The van der Waals surface area contributed by atoms with E-state index in [2.05, 4.69) is 10.1 Å². The Bertz CT molecular complexity index is 369. The Morgan fingerprint density at radius 2 is 1.74 bits per heavy atom. The highest BCUT2D eigenvalue weighted by atomic mass is 16.5. The molecule has 0 aromatic carbocycles. The molecule has 0 rings (SSSR count). The second-order valence-corrected chi connectivity index (χ2v) is 3.58. The number of carbonyl (C=O) groups excluding carboxylic acids is 2. The maximum atomic E-state index is 11.4. The molecule has 0 aliphatic rings. The molecule has 2 amide bonds. The summed E-state index contributed by atoms with van der Waals surface area (Å²) >= 11 is 0. The summed E-state index contributed by atoms with van der Waals surface area (Å²) in [7, 11) is 0. The first-order valence-electron chi connectivity index (χ1n) is 5.46. The molecule has 0 bridgehead atoms. The fraction of sp³-hybridized carbons (Fsp3) is 0.600. The van der Waals surface area contributed by atoms with Gasteiger partial charge < -0.3 is 25.6 Å². The van der Waals surface area contributed by atoms with Crippen LogP contribution in [0.2, 0.25) is 0 Å². The van der Waals surface area contributed by atoms with E-state index in [9.17, 15) is 19.2 Å². The van der Waals surface area contributed by atoms with Gasteiger partial charge in [-0.2, -0.15) is 0 Å². The van der Waals surface area contributed by atoms with E-state index < -0.39 is 42.4 Å². The van der Waals surface area contributed by atoms with Crippen LogP contribution in [0.25, 0.3) is 0 Å². The summed E-state index contributed by atoms with van der Waals surface area (Å²) < 4.78 is 4.63. The number of urea groups is 1. The van der Waals surface area contributed by atoms with E-state index in [1.807, 2.05) is 5.32 Å². The topological polar surface area (TPSA) is 142 Å². The van der Waals surface area contributed by atoms with Gasteiger partial charge in [-0.3, -0.25) is 4.79 Å². The molecule has 0 aliphatic heterocycles. The molecular weight excluding hydrogens is 260 g/mol. The number of amides is 2. The van der Waals surface area contributed by atoms with Gasteiger partial charge in [0.2, 0.25) is 0 Å². The largest absolute Gasteiger partial charge is 0.481 e. The number of rotatable bonds is 7. The van der Waals surface area contributed by atoms with Crippen LogP contribution in [-0.4, -0.2) is 52.8 Å². The normalized spacial score (nSPS) is 12.9. The molecular formula is C10H16N2O7. The Hall–Kier alpha value is -2.32. The molecule has 1 unspecified atom stereocenters. The second-order valence-electron chi connectivity index (χ2n) is 3.58. The Labute approximate surface area is 108 Å². The van der Waals surface area contributed by atoms with Crippen molar-refractivity contribution in [3.63, 3.8) is 0 Å². The van der Waals surface area contributed by atoms with E-state index in [0.717, 1.165) is 0 Å². The van der Waals surface area contributed by atoms with Crippen LogP contribution in [0.5, 0.6) is 0 Å². The molecule has 19 heavy (non-hydrogen) atoms. The molecule has 0 aromatic heterocycles. The van der Waals surface area contributed by atoms with Crippen LogP contribution in [0.15, 0.2) is 0 Å². The van der Waals surface area contributed by atoms with Gasteiger partial charge in [-0.25, -0.2) is 14.4 Å². The summed E-state index contributed by atoms with van der Waals surface area (Å²) in [5.74, 6) is -3.53. The third kappa shape index (κ3) is 6.86. The van der Waals surface area contributed by atoms with Crippen LogP contribution in [0.3, 0.4) is 0 Å². The minimum atomic E-state index is -1.58. The Morgan fingerprint density at radius 1 is 1.16 bits per heavy atom. The number of esters is 1. The van der Waals surface area contributed by atoms with Gasteiger partial charge in [0.15, 0.2) is 0 Å². The fourth-order valence-electron chi connectivity index (χ4n) is 1.10. The molecule has 2 atom stereocenters. The first kappa shape index (κ1) is 16.7. The average Bonchev–Trinajstić information content (AvgIpc) is 2.27. The monoisotopic (exact) mass is 276 g/mol. The zero-order valence-corrected chi connectivity index (χ0v) is 10.5. The van der Waals surface area contributed by atoms with Crippen molar-refractivity contribution in [2.24, 2.45) is 0 Å². The van der Waals surface area contributed by atoms with E-state index >= 15 is 0 Å². The van der Waals surface area contributed by atoms with Crippen LogP contribution in [0, 0.1) is 0 Å². The standard InChI is InChI=1S/C10H16N2O7/c1-3-19-9(17)5(2)11-10(18)12-6(8(15)16)4-7(13)14/h5-6H,3-4H2,1-2H3,(H,13,14)(H,15,16)(H2,11,12,18)/t5?,6-/m1/s1. The number of aliphatic carboxylic acids is 2. The number of hydrogen-bond donors (Lipinski definition) is 4. The van der Waals surface area contributed by atoms with Crippen molar-refractivity contribution in [3.8, 4) is 0 Å². The number of nitrogens with one attached hydrogen (secondary N) is 2. The lowest BCUT2D eigenvalue weighted by Crippen LogP contribution is -2.51. The first-order chi connectivity index (χ1) is 8.77. The van der Waals surface area contributed by atoms with Gasteiger partial charge in [0.1, 0.15) is 12.1 Å². The zero-order valence-electron chi connectivity index (χ0n) is 10.5. The molecule has 4 N–H and O–H groups in total. The lowest BCUT2D eigenvalue weighted by molar-refractivity contribution is -0.145. The van der Waals surface area contributed by atoms with Gasteiger partial charge in [0, 0.05) is 0 Å². The molecule has 0 fully saturated rings. The second kappa shape index (κ2) is 7.90. The Balaban J connectivity index is 4.37. The molecule has 9 nitrogen and oxygen atoms in total. The van der Waals surface area contributed by atoms with Crippen LogP contribution in [0.1, 0.15) is 20.3 Å².